The Morgan fingerprint density at radius 2 is 2.33 bits per heavy atom. The SMILES string of the molecule is C1COCC[NH2+]1.C=CCOC(=O)C1=C(C)NC(=S)C(=C=[N-])C1c1ccsc1. The molecule has 1 unspecified atom stereocenters. The van der Waals surface area contributed by atoms with E-state index in [2.05, 4.69) is 23.1 Å². The summed E-state index contributed by atoms with van der Waals surface area (Å²) < 4.78 is 10.2. The fourth-order valence-corrected chi connectivity index (χ4v) is 3.75. The number of thiocarbonyl (C=S) groups is 1. The van der Waals surface area contributed by atoms with Gasteiger partial charge in [0.2, 0.25) is 0 Å². The number of morpholine rings is 1. The molecule has 0 amide bonds. The van der Waals surface area contributed by atoms with Gasteiger partial charge in [-0.05, 0) is 29.3 Å². The molecule has 1 aromatic heterocycles. The van der Waals surface area contributed by atoms with Crippen LogP contribution >= 0.6 is 23.6 Å². The lowest BCUT2D eigenvalue weighted by molar-refractivity contribution is -0.670. The van der Waals surface area contributed by atoms with Crippen LogP contribution in [0.5, 0.6) is 0 Å². The van der Waals surface area contributed by atoms with E-state index in [0.29, 0.717) is 21.8 Å². The smallest absolute Gasteiger partial charge is 0.337 e. The zero-order chi connectivity index (χ0) is 19.6. The zero-order valence-electron chi connectivity index (χ0n) is 15.2. The predicted molar refractivity (Wildman–Crippen MR) is 111 cm³/mol. The molecule has 144 valence electrons. The van der Waals surface area contributed by atoms with Crippen molar-refractivity contribution < 1.29 is 19.6 Å². The number of carbonyl (C=O) groups excluding carboxylic acids is 1. The van der Waals surface area contributed by atoms with Crippen molar-refractivity contribution >= 4 is 40.4 Å². The number of quaternary nitrogens is 1. The molecule has 1 aromatic rings. The number of rotatable bonds is 4. The van der Waals surface area contributed by atoms with Gasteiger partial charge in [-0.2, -0.15) is 11.3 Å². The molecule has 0 bridgehead atoms. The maximum absolute atomic E-state index is 12.3. The van der Waals surface area contributed by atoms with Crippen molar-refractivity contribution in [1.29, 1.82) is 0 Å². The van der Waals surface area contributed by atoms with Gasteiger partial charge in [-0.3, -0.25) is 5.87 Å². The number of esters is 1. The maximum atomic E-state index is 12.3. The highest BCUT2D eigenvalue weighted by molar-refractivity contribution is 7.80. The Labute approximate surface area is 168 Å². The lowest BCUT2D eigenvalue weighted by Gasteiger charge is -2.29. The fraction of sp³-hybridized carbons (Fsp3) is 0.368. The van der Waals surface area contributed by atoms with E-state index in [1.165, 1.54) is 17.4 Å². The molecule has 0 saturated carbocycles. The third-order valence-electron chi connectivity index (χ3n) is 4.01. The van der Waals surface area contributed by atoms with Crippen molar-refractivity contribution in [3.05, 3.63) is 57.3 Å². The summed E-state index contributed by atoms with van der Waals surface area (Å²) in [4.78, 5) is 12.7. The number of allylic oxidation sites excluding steroid dienone is 1. The van der Waals surface area contributed by atoms with E-state index in [4.69, 9.17) is 21.7 Å². The average Bonchev–Trinajstić information content (AvgIpc) is 3.22. The van der Waals surface area contributed by atoms with E-state index in [9.17, 15) is 10.2 Å². The monoisotopic (exact) mass is 405 g/mol. The Morgan fingerprint density at radius 1 is 1.59 bits per heavy atom. The van der Waals surface area contributed by atoms with Crippen molar-refractivity contribution in [2.45, 2.75) is 12.8 Å². The minimum Gasteiger partial charge on any atom is -0.763 e. The summed E-state index contributed by atoms with van der Waals surface area (Å²) in [6, 6.07) is 1.88. The first-order valence-corrected chi connectivity index (χ1v) is 9.93. The van der Waals surface area contributed by atoms with Crippen LogP contribution in [0.3, 0.4) is 0 Å². The van der Waals surface area contributed by atoms with Gasteiger partial charge in [0.1, 0.15) is 11.6 Å². The van der Waals surface area contributed by atoms with E-state index >= 15 is 0 Å². The first-order valence-electron chi connectivity index (χ1n) is 8.58. The molecule has 2 aliphatic heterocycles. The van der Waals surface area contributed by atoms with Crippen LogP contribution in [0.4, 0.5) is 0 Å². The summed E-state index contributed by atoms with van der Waals surface area (Å²) in [7, 11) is 0. The molecule has 1 fully saturated rings. The van der Waals surface area contributed by atoms with E-state index in [-0.39, 0.29) is 6.61 Å². The predicted octanol–water partition coefficient (Wildman–Crippen LogP) is 1.51. The van der Waals surface area contributed by atoms with Gasteiger partial charge in [0.15, 0.2) is 0 Å². The number of carbonyl (C=O) groups is 1. The zero-order valence-corrected chi connectivity index (χ0v) is 16.8. The van der Waals surface area contributed by atoms with Gasteiger partial charge in [-0.1, -0.05) is 24.9 Å². The lowest BCUT2D eigenvalue weighted by atomic mass is 9.83. The first kappa shape index (κ1) is 21.2. The van der Waals surface area contributed by atoms with Crippen molar-refractivity contribution in [3.8, 4) is 0 Å². The number of nitrogens with one attached hydrogen (secondary N) is 1. The summed E-state index contributed by atoms with van der Waals surface area (Å²) >= 11 is 6.71. The van der Waals surface area contributed by atoms with Crippen LogP contribution in [0.2, 0.25) is 0 Å². The molecule has 3 rings (SSSR count). The van der Waals surface area contributed by atoms with Crippen LogP contribution in [-0.2, 0) is 14.3 Å². The van der Waals surface area contributed by atoms with Gasteiger partial charge >= 0.3 is 5.97 Å². The van der Waals surface area contributed by atoms with Gasteiger partial charge in [0, 0.05) is 11.3 Å². The van der Waals surface area contributed by atoms with E-state index in [1.54, 1.807) is 6.92 Å². The Morgan fingerprint density at radius 3 is 2.81 bits per heavy atom. The highest BCUT2D eigenvalue weighted by Gasteiger charge is 2.34. The second kappa shape index (κ2) is 10.9. The Bertz CT molecular complexity index is 750. The molecule has 0 spiro atoms. The lowest BCUT2D eigenvalue weighted by Crippen LogP contribution is -2.87. The minimum absolute atomic E-state index is 0.123. The Kier molecular flexibility index (Phi) is 8.57. The minimum atomic E-state index is -0.479. The molecule has 3 heterocycles. The molecule has 1 atom stereocenters. The molecule has 27 heavy (non-hydrogen) atoms. The summed E-state index contributed by atoms with van der Waals surface area (Å²) in [5, 5.41) is 18.4. The molecule has 8 heteroatoms. The third kappa shape index (κ3) is 5.69. The number of thiophene rings is 1. The molecule has 0 aromatic carbocycles. The van der Waals surface area contributed by atoms with Crippen molar-refractivity contribution in [1.82, 2.24) is 5.32 Å². The second-order valence-electron chi connectivity index (χ2n) is 5.87. The number of nitrogens with zero attached hydrogens (tertiary/aromatic N) is 1. The number of hydrogen-bond acceptors (Lipinski definition) is 5. The highest BCUT2D eigenvalue weighted by Crippen LogP contribution is 2.37. The van der Waals surface area contributed by atoms with Gasteiger partial charge < -0.3 is 25.5 Å². The van der Waals surface area contributed by atoms with Crippen LogP contribution in [-0.4, -0.2) is 49.7 Å². The molecule has 2 aliphatic rings. The van der Waals surface area contributed by atoms with Crippen molar-refractivity contribution in [3.63, 3.8) is 0 Å². The van der Waals surface area contributed by atoms with Crippen molar-refractivity contribution in [2.24, 2.45) is 0 Å². The number of hydrogen-bond donors (Lipinski definition) is 2. The molecule has 0 aliphatic carbocycles. The van der Waals surface area contributed by atoms with Gasteiger partial charge in [0.25, 0.3) is 0 Å². The Hall–Kier alpha value is -2.09. The van der Waals surface area contributed by atoms with Crippen LogP contribution in [0, 0.1) is 0 Å². The van der Waals surface area contributed by atoms with Gasteiger partial charge in [-0.15, -0.1) is 0 Å². The third-order valence-corrected chi connectivity index (χ3v) is 5.03. The summed E-state index contributed by atoms with van der Waals surface area (Å²) in [6.45, 7) is 9.60. The quantitative estimate of drug-likeness (QED) is 0.261. The van der Waals surface area contributed by atoms with E-state index < -0.39 is 11.9 Å². The average molecular weight is 406 g/mol. The molecule has 3 N–H and O–H groups in total. The standard InChI is InChI=1S/C15H13N2O2S2.C4H9NO/c1-3-5-19-15(18)12-9(2)17-14(20)11(7-16)13(12)10-4-6-21-8-10;1-3-6-4-2-5-1/h3-4,6,8,13H,1,5H2,2H3,(H,17,20);5H,1-4H2/q-1;/p+1. The molecular formula is C19H23N3O3S2. The van der Waals surface area contributed by atoms with Crippen LogP contribution < -0.4 is 10.6 Å². The number of ether oxygens (including phenoxy) is 2. The van der Waals surface area contributed by atoms with Crippen molar-refractivity contribution in [2.75, 3.05) is 32.9 Å². The summed E-state index contributed by atoms with van der Waals surface area (Å²) in [5.74, 6) is 1.16. The highest BCUT2D eigenvalue weighted by atomic mass is 32.1. The van der Waals surface area contributed by atoms with Gasteiger partial charge in [0.05, 0.1) is 37.8 Å². The fourth-order valence-electron chi connectivity index (χ4n) is 2.75. The molecule has 0 radical (unpaired) electrons. The molecular weight excluding hydrogens is 382 g/mol. The van der Waals surface area contributed by atoms with Crippen LogP contribution in [0.15, 0.2) is 46.3 Å². The van der Waals surface area contributed by atoms with Gasteiger partial charge in [-0.25, -0.2) is 4.79 Å². The Balaban J connectivity index is 0.000000369. The topological polar surface area (TPSA) is 86.5 Å². The summed E-state index contributed by atoms with van der Waals surface area (Å²) in [5.41, 5.74) is 2.26. The van der Waals surface area contributed by atoms with Crippen LogP contribution in [0.25, 0.3) is 5.41 Å². The normalized spacial score (nSPS) is 19.4. The largest absolute Gasteiger partial charge is 0.763 e. The summed E-state index contributed by atoms with van der Waals surface area (Å²) in [6.07, 6.45) is 1.50. The maximum Gasteiger partial charge on any atom is 0.337 e. The van der Waals surface area contributed by atoms with E-state index in [1.807, 2.05) is 16.8 Å². The second-order valence-corrected chi connectivity index (χ2v) is 7.06. The first-order chi connectivity index (χ1) is 13.1. The number of nitrogens with two attached hydrogens (primary N) is 1. The van der Waals surface area contributed by atoms with E-state index in [0.717, 1.165) is 31.9 Å². The molecule has 6 nitrogen and oxygen atoms in total. The molecule has 1 saturated heterocycles. The van der Waals surface area contributed by atoms with Crippen LogP contribution in [0.1, 0.15) is 18.4 Å².